The first-order valence-electron chi connectivity index (χ1n) is 7.40. The van der Waals surface area contributed by atoms with Gasteiger partial charge in [-0.25, -0.2) is 4.79 Å². The van der Waals surface area contributed by atoms with E-state index in [1.165, 1.54) is 26.4 Å². The minimum absolute atomic E-state index is 0.266. The maximum Gasteiger partial charge on any atom is 0.359 e. The number of benzene rings is 1. The van der Waals surface area contributed by atoms with E-state index in [4.69, 9.17) is 4.74 Å². The smallest absolute Gasteiger partial charge is 0.359 e. The second-order valence-corrected chi connectivity index (χ2v) is 5.41. The molecule has 0 unspecified atom stereocenters. The summed E-state index contributed by atoms with van der Waals surface area (Å²) >= 11 is 0. The number of nitrogens with one attached hydrogen (secondary N) is 1. The molecule has 0 radical (unpaired) electrons. The van der Waals surface area contributed by atoms with Gasteiger partial charge in [-0.3, -0.25) is 0 Å². The molecule has 0 spiro atoms. The van der Waals surface area contributed by atoms with Crippen LogP contribution in [0.3, 0.4) is 0 Å². The van der Waals surface area contributed by atoms with Gasteiger partial charge in [-0.1, -0.05) is 43.5 Å². The van der Waals surface area contributed by atoms with Gasteiger partial charge in [0.2, 0.25) is 0 Å². The van der Waals surface area contributed by atoms with Crippen molar-refractivity contribution in [2.75, 3.05) is 12.4 Å². The molecule has 0 amide bonds. The van der Waals surface area contributed by atoms with Crippen LogP contribution in [0.1, 0.15) is 42.6 Å². The molecule has 21 heavy (non-hydrogen) atoms. The summed E-state index contributed by atoms with van der Waals surface area (Å²) < 4.78 is 4.77. The third kappa shape index (κ3) is 2.82. The maximum absolute atomic E-state index is 11.8. The standard InChI is InChI=1S/C16H19N3O2/c1-21-16(20)14-12-9-5-6-10-13(12)15(19-18-14)17-11-7-3-2-4-8-11/h5-6,9-11H,2-4,7-8H2,1H3,(H,17,19). The van der Waals surface area contributed by atoms with Crippen molar-refractivity contribution in [3.05, 3.63) is 30.0 Å². The highest BCUT2D eigenvalue weighted by atomic mass is 16.5. The lowest BCUT2D eigenvalue weighted by atomic mass is 9.95. The van der Waals surface area contributed by atoms with Crippen molar-refractivity contribution in [1.29, 1.82) is 0 Å². The van der Waals surface area contributed by atoms with Crippen LogP contribution in [0.5, 0.6) is 0 Å². The highest BCUT2D eigenvalue weighted by Gasteiger charge is 2.18. The molecule has 5 nitrogen and oxygen atoms in total. The zero-order valence-electron chi connectivity index (χ0n) is 12.1. The molecule has 1 heterocycles. The monoisotopic (exact) mass is 285 g/mol. The topological polar surface area (TPSA) is 64.1 Å². The molecule has 1 aromatic carbocycles. The summed E-state index contributed by atoms with van der Waals surface area (Å²) in [7, 11) is 1.35. The van der Waals surface area contributed by atoms with Gasteiger partial charge in [-0.05, 0) is 12.8 Å². The second-order valence-electron chi connectivity index (χ2n) is 5.41. The third-order valence-electron chi connectivity index (χ3n) is 4.01. The predicted octanol–water partition coefficient (Wildman–Crippen LogP) is 3.16. The fourth-order valence-electron chi connectivity index (χ4n) is 2.90. The van der Waals surface area contributed by atoms with E-state index in [1.807, 2.05) is 24.3 Å². The van der Waals surface area contributed by atoms with Crippen LogP contribution < -0.4 is 5.32 Å². The first-order chi connectivity index (χ1) is 10.3. The van der Waals surface area contributed by atoms with Crippen molar-refractivity contribution in [3.8, 4) is 0 Å². The Morgan fingerprint density at radius 1 is 1.14 bits per heavy atom. The number of methoxy groups -OCH3 is 1. The Hall–Kier alpha value is -2.17. The van der Waals surface area contributed by atoms with E-state index >= 15 is 0 Å². The van der Waals surface area contributed by atoms with Gasteiger partial charge in [0.25, 0.3) is 0 Å². The predicted molar refractivity (Wildman–Crippen MR) is 81.4 cm³/mol. The number of hydrogen-bond donors (Lipinski definition) is 1. The fraction of sp³-hybridized carbons (Fsp3) is 0.438. The molecule has 0 aliphatic heterocycles. The van der Waals surface area contributed by atoms with Crippen LogP contribution in [0.4, 0.5) is 5.82 Å². The molecular weight excluding hydrogens is 266 g/mol. The molecule has 1 aliphatic rings. The van der Waals surface area contributed by atoms with Crippen molar-refractivity contribution >= 4 is 22.6 Å². The van der Waals surface area contributed by atoms with Gasteiger partial charge in [0.05, 0.1) is 7.11 Å². The van der Waals surface area contributed by atoms with Crippen molar-refractivity contribution in [2.45, 2.75) is 38.1 Å². The lowest BCUT2D eigenvalue weighted by Crippen LogP contribution is -2.23. The number of fused-ring (bicyclic) bond motifs is 1. The molecule has 1 saturated carbocycles. The van der Waals surface area contributed by atoms with Gasteiger partial charge < -0.3 is 10.1 Å². The summed E-state index contributed by atoms with van der Waals surface area (Å²) in [5.41, 5.74) is 0.266. The molecule has 0 atom stereocenters. The zero-order chi connectivity index (χ0) is 14.7. The number of anilines is 1. The Morgan fingerprint density at radius 3 is 2.57 bits per heavy atom. The van der Waals surface area contributed by atoms with E-state index in [-0.39, 0.29) is 5.69 Å². The van der Waals surface area contributed by atoms with E-state index in [1.54, 1.807) is 0 Å². The quantitative estimate of drug-likeness (QED) is 0.878. The van der Waals surface area contributed by atoms with Crippen LogP contribution in [0.2, 0.25) is 0 Å². The van der Waals surface area contributed by atoms with E-state index in [9.17, 15) is 4.79 Å². The minimum atomic E-state index is -0.456. The lowest BCUT2D eigenvalue weighted by Gasteiger charge is -2.23. The summed E-state index contributed by atoms with van der Waals surface area (Å²) in [4.78, 5) is 11.8. The number of rotatable bonds is 3. The molecule has 0 saturated heterocycles. The van der Waals surface area contributed by atoms with Crippen LogP contribution in [0.25, 0.3) is 10.8 Å². The summed E-state index contributed by atoms with van der Waals surface area (Å²) in [6, 6.07) is 8.11. The van der Waals surface area contributed by atoms with Gasteiger partial charge in [0.1, 0.15) is 0 Å². The Labute approximate surface area is 123 Å². The SMILES string of the molecule is COC(=O)c1nnc(NC2CCCCC2)c2ccccc12. The van der Waals surface area contributed by atoms with Crippen LogP contribution in [-0.2, 0) is 4.74 Å². The van der Waals surface area contributed by atoms with E-state index in [0.29, 0.717) is 6.04 Å². The van der Waals surface area contributed by atoms with Gasteiger partial charge in [0, 0.05) is 16.8 Å². The summed E-state index contributed by atoms with van der Waals surface area (Å²) in [5.74, 6) is 0.299. The number of ether oxygens (including phenoxy) is 1. The van der Waals surface area contributed by atoms with Crippen molar-refractivity contribution in [1.82, 2.24) is 10.2 Å². The van der Waals surface area contributed by atoms with E-state index in [2.05, 4.69) is 15.5 Å². The average molecular weight is 285 g/mol. The molecule has 1 aromatic heterocycles. The first-order valence-corrected chi connectivity index (χ1v) is 7.40. The first kappa shape index (κ1) is 13.8. The number of nitrogens with zero attached hydrogens (tertiary/aromatic N) is 2. The molecule has 110 valence electrons. The Morgan fingerprint density at radius 2 is 1.86 bits per heavy atom. The molecule has 1 N–H and O–H groups in total. The number of esters is 1. The molecule has 2 aromatic rings. The van der Waals surface area contributed by atoms with E-state index < -0.39 is 5.97 Å². The van der Waals surface area contributed by atoms with Crippen LogP contribution in [0, 0.1) is 0 Å². The zero-order valence-corrected chi connectivity index (χ0v) is 12.1. The largest absolute Gasteiger partial charge is 0.464 e. The third-order valence-corrected chi connectivity index (χ3v) is 4.01. The number of carbonyl (C=O) groups excluding carboxylic acids is 1. The maximum atomic E-state index is 11.8. The van der Waals surface area contributed by atoms with Crippen molar-refractivity contribution in [3.63, 3.8) is 0 Å². The molecule has 0 bridgehead atoms. The summed E-state index contributed by atoms with van der Waals surface area (Å²) in [6.45, 7) is 0. The Kier molecular flexibility index (Phi) is 3.99. The van der Waals surface area contributed by atoms with Crippen molar-refractivity contribution in [2.24, 2.45) is 0 Å². The highest BCUT2D eigenvalue weighted by molar-refractivity contribution is 6.05. The van der Waals surface area contributed by atoms with Crippen LogP contribution >= 0.6 is 0 Å². The normalized spacial score (nSPS) is 15.9. The van der Waals surface area contributed by atoms with Gasteiger partial charge >= 0.3 is 5.97 Å². The Balaban J connectivity index is 1.98. The lowest BCUT2D eigenvalue weighted by molar-refractivity contribution is 0.0595. The van der Waals surface area contributed by atoms with Gasteiger partial charge in [-0.15, -0.1) is 10.2 Å². The fourth-order valence-corrected chi connectivity index (χ4v) is 2.90. The molecule has 1 aliphatic carbocycles. The highest BCUT2D eigenvalue weighted by Crippen LogP contribution is 2.26. The van der Waals surface area contributed by atoms with E-state index in [0.717, 1.165) is 29.4 Å². The number of carbonyl (C=O) groups is 1. The Bertz CT molecular complexity index is 651. The average Bonchev–Trinajstić information content (AvgIpc) is 2.55. The second kappa shape index (κ2) is 6.08. The van der Waals surface area contributed by atoms with Crippen molar-refractivity contribution < 1.29 is 9.53 Å². The van der Waals surface area contributed by atoms with Gasteiger partial charge in [0.15, 0.2) is 11.5 Å². The van der Waals surface area contributed by atoms with Crippen LogP contribution in [0.15, 0.2) is 24.3 Å². The summed E-state index contributed by atoms with van der Waals surface area (Å²) in [6.07, 6.45) is 6.14. The van der Waals surface area contributed by atoms with Gasteiger partial charge in [-0.2, -0.15) is 0 Å². The molecule has 1 fully saturated rings. The summed E-state index contributed by atoms with van der Waals surface area (Å²) in [5, 5.41) is 13.4. The van der Waals surface area contributed by atoms with Crippen LogP contribution in [-0.4, -0.2) is 29.3 Å². The minimum Gasteiger partial charge on any atom is -0.464 e. The number of hydrogen-bond acceptors (Lipinski definition) is 5. The molecule has 5 heteroatoms. The molecule has 3 rings (SSSR count). The number of aromatic nitrogens is 2. The molecular formula is C16H19N3O2.